The van der Waals surface area contributed by atoms with Crippen LogP contribution in [0, 0.1) is 17.5 Å². The van der Waals surface area contributed by atoms with Gasteiger partial charge in [-0.2, -0.15) is 4.94 Å². The Morgan fingerprint density at radius 2 is 1.46 bits per heavy atom. The first kappa shape index (κ1) is 30.2. The zero-order valence-electron chi connectivity index (χ0n) is 21.2. The number of anilines is 1. The second-order valence-corrected chi connectivity index (χ2v) is 9.56. The Labute approximate surface area is 251 Å². The number of aromatic nitrogens is 4. The van der Waals surface area contributed by atoms with Gasteiger partial charge in [0.2, 0.25) is 5.28 Å². The molecule has 0 aliphatic rings. The third-order valence-electron chi connectivity index (χ3n) is 4.72. The number of halogens is 7. The van der Waals surface area contributed by atoms with Crippen LogP contribution >= 0.6 is 43.5 Å². The van der Waals surface area contributed by atoms with Crippen molar-refractivity contribution in [3.8, 4) is 17.0 Å². The third kappa shape index (κ3) is 8.60. The van der Waals surface area contributed by atoms with Crippen LogP contribution in [-0.2, 0) is 4.94 Å². The molecule has 0 unspecified atom stereocenters. The molecule has 0 saturated heterocycles. The highest BCUT2D eigenvalue weighted by atomic mass is 79.9. The molecule has 214 valence electrons. The highest BCUT2D eigenvalue weighted by Crippen LogP contribution is 2.28. The van der Waals surface area contributed by atoms with E-state index >= 15 is 0 Å². The van der Waals surface area contributed by atoms with Crippen LogP contribution in [0.1, 0.15) is 1.37 Å². The molecule has 9 nitrogen and oxygen atoms in total. The number of nitrogen functional groups attached to an aromatic ring is 1. The van der Waals surface area contributed by atoms with E-state index in [9.17, 15) is 17.7 Å². The summed E-state index contributed by atoms with van der Waals surface area (Å²) < 4.78 is 65.8. The highest BCUT2D eigenvalue weighted by molar-refractivity contribution is 9.10. The first-order valence-electron chi connectivity index (χ1n) is 11.4. The first-order valence-corrected chi connectivity index (χ1v) is 12.7. The lowest BCUT2D eigenvalue weighted by molar-refractivity contribution is -0.0960. The average Bonchev–Trinajstić information content (AvgIpc) is 3.63. The zero-order valence-corrected chi connectivity index (χ0v) is 24.1. The van der Waals surface area contributed by atoms with Gasteiger partial charge < -0.3 is 19.7 Å². The molecule has 0 saturated carbocycles. The molecule has 3 heterocycles. The molecule has 0 bridgehead atoms. The summed E-state index contributed by atoms with van der Waals surface area (Å²) in [5.74, 6) is -2.09. The minimum atomic E-state index is -0.716. The summed E-state index contributed by atoms with van der Waals surface area (Å²) in [5, 5.41) is 8.92. The van der Waals surface area contributed by atoms with Gasteiger partial charge in [0.15, 0.2) is 47.2 Å². The van der Waals surface area contributed by atoms with Crippen molar-refractivity contribution in [3.63, 3.8) is 0 Å². The Morgan fingerprint density at radius 1 is 0.902 bits per heavy atom. The molecule has 3 aromatic carbocycles. The number of nitrogens with zero attached hydrogens (tertiary/aromatic N) is 4. The predicted molar refractivity (Wildman–Crippen MR) is 150 cm³/mol. The second-order valence-electron chi connectivity index (χ2n) is 7.39. The lowest BCUT2D eigenvalue weighted by Gasteiger charge is -2.01. The van der Waals surface area contributed by atoms with Crippen LogP contribution in [0.25, 0.3) is 33.5 Å². The van der Waals surface area contributed by atoms with Crippen molar-refractivity contribution in [3.05, 3.63) is 93.1 Å². The van der Waals surface area contributed by atoms with Crippen molar-refractivity contribution >= 4 is 71.3 Å². The fourth-order valence-electron chi connectivity index (χ4n) is 3.05. The van der Waals surface area contributed by atoms with Crippen molar-refractivity contribution in [1.29, 1.82) is 0 Å². The quantitative estimate of drug-likeness (QED) is 0.0746. The standard InChI is InChI=1S/C11H5ClFN3O.C7H3BrFNO.C6H5BrFNO.CH3FO/c12-11-14-2-1-8(16-11)6-3-7(13)10-9(4-6)15-5-17-10;8-4-1-5(9)7-6(2-4)10-3-11-7;7-3-1-4(8)6(10)5(9)2-3;1-3-2/h1-5H;1-3H;1-2,10H,9H2;1H3/i;;;1T. The summed E-state index contributed by atoms with van der Waals surface area (Å²) in [6.07, 6.45) is 3.93. The van der Waals surface area contributed by atoms with E-state index in [1.807, 2.05) is 0 Å². The molecule has 0 radical (unpaired) electrons. The Bertz CT molecular complexity index is 1770. The Kier molecular flexibility index (Phi) is 10.8. The number of hydrogen-bond donors (Lipinski definition) is 2. The fourth-order valence-corrected chi connectivity index (χ4v) is 4.06. The first-order chi connectivity index (χ1) is 20.0. The Balaban J connectivity index is 0.000000169. The van der Waals surface area contributed by atoms with Crippen LogP contribution in [0.3, 0.4) is 0 Å². The number of aromatic hydroxyl groups is 1. The molecule has 16 heteroatoms. The van der Waals surface area contributed by atoms with Crippen molar-refractivity contribution in [1.82, 2.24) is 19.9 Å². The van der Waals surface area contributed by atoms with E-state index in [0.29, 0.717) is 31.2 Å². The minimum absolute atomic E-state index is 0.0341. The normalized spacial score (nSPS) is 10.6. The predicted octanol–water partition coefficient (Wildman–Crippen LogP) is 8.20. The summed E-state index contributed by atoms with van der Waals surface area (Å²) in [4.78, 5) is 18.2. The number of phenols is 1. The Morgan fingerprint density at radius 3 is 2.05 bits per heavy atom. The van der Waals surface area contributed by atoms with Crippen molar-refractivity contribution in [2.24, 2.45) is 0 Å². The maximum Gasteiger partial charge on any atom is 0.222 e. The highest BCUT2D eigenvalue weighted by Gasteiger charge is 2.10. The molecule has 0 aliphatic heterocycles. The van der Waals surface area contributed by atoms with Crippen molar-refractivity contribution < 1.29 is 38.0 Å². The molecular formula is C25H16Br2ClF4N5O4. The lowest BCUT2D eigenvalue weighted by Crippen LogP contribution is -1.88. The number of nitrogens with two attached hydrogens (primary N) is 1. The lowest BCUT2D eigenvalue weighted by atomic mass is 10.1. The van der Waals surface area contributed by atoms with Gasteiger partial charge in [-0.1, -0.05) is 31.9 Å². The second kappa shape index (κ2) is 14.7. The van der Waals surface area contributed by atoms with Gasteiger partial charge in [-0.05, 0) is 58.6 Å². The number of fused-ring (bicyclic) bond motifs is 2. The molecule has 3 N–H and O–H groups in total. The molecular weight excluding hydrogens is 706 g/mol. The minimum Gasteiger partial charge on any atom is -0.503 e. The van der Waals surface area contributed by atoms with Crippen LogP contribution in [0.2, 0.25) is 5.28 Å². The van der Waals surface area contributed by atoms with Gasteiger partial charge in [0, 0.05) is 20.7 Å². The fraction of sp³-hybridized carbons (Fsp3) is 0.0400. The van der Waals surface area contributed by atoms with E-state index in [1.165, 1.54) is 37.2 Å². The third-order valence-corrected chi connectivity index (χ3v) is 5.81. The number of benzene rings is 3. The van der Waals surface area contributed by atoms with Crippen LogP contribution < -0.4 is 5.73 Å². The van der Waals surface area contributed by atoms with E-state index in [1.54, 1.807) is 18.2 Å². The van der Waals surface area contributed by atoms with Crippen LogP contribution in [0.15, 0.2) is 79.2 Å². The number of hydrogen-bond acceptors (Lipinski definition) is 9. The number of phenolic OH excluding ortho intramolecular Hbond substituents is 1. The average molecular weight is 724 g/mol. The van der Waals surface area contributed by atoms with Gasteiger partial charge in [-0.3, -0.25) is 0 Å². The summed E-state index contributed by atoms with van der Waals surface area (Å²) in [6.45, 7) is 0. The van der Waals surface area contributed by atoms with Gasteiger partial charge >= 0.3 is 0 Å². The summed E-state index contributed by atoms with van der Waals surface area (Å²) in [5.41, 5.74) is 7.65. The largest absolute Gasteiger partial charge is 0.503 e. The van der Waals surface area contributed by atoms with E-state index in [4.69, 9.17) is 32.6 Å². The molecule has 0 fully saturated rings. The van der Waals surface area contributed by atoms with Crippen LogP contribution in [0.5, 0.6) is 5.75 Å². The van der Waals surface area contributed by atoms with Crippen LogP contribution in [0.4, 0.5) is 23.4 Å². The van der Waals surface area contributed by atoms with Gasteiger partial charge in [-0.25, -0.2) is 33.1 Å². The van der Waals surface area contributed by atoms with Crippen molar-refractivity contribution in [2.75, 3.05) is 12.8 Å². The Hall–Kier alpha value is -3.79. The smallest absolute Gasteiger partial charge is 0.222 e. The summed E-state index contributed by atoms with van der Waals surface area (Å²) in [6, 6.07) is 10.3. The zero-order chi connectivity index (χ0) is 30.8. The summed E-state index contributed by atoms with van der Waals surface area (Å²) in [7, 11) is -0.597. The monoisotopic (exact) mass is 721 g/mol. The molecule has 0 spiro atoms. The molecule has 0 amide bonds. The van der Waals surface area contributed by atoms with Gasteiger partial charge in [-0.15, -0.1) is 0 Å². The van der Waals surface area contributed by atoms with E-state index < -0.39 is 30.3 Å². The van der Waals surface area contributed by atoms with E-state index in [0.717, 1.165) is 6.07 Å². The number of rotatable bonds is 1. The summed E-state index contributed by atoms with van der Waals surface area (Å²) >= 11 is 11.8. The molecule has 6 aromatic rings. The topological polar surface area (TPSA) is 133 Å². The maximum absolute atomic E-state index is 13.7. The van der Waals surface area contributed by atoms with Gasteiger partial charge in [0.25, 0.3) is 0 Å². The molecule has 6 rings (SSSR count). The number of oxazole rings is 2. The van der Waals surface area contributed by atoms with Crippen LogP contribution in [-0.4, -0.2) is 32.1 Å². The van der Waals surface area contributed by atoms with Gasteiger partial charge in [0.1, 0.15) is 11.0 Å². The molecule has 41 heavy (non-hydrogen) atoms. The molecule has 3 aromatic heterocycles. The van der Waals surface area contributed by atoms with Gasteiger partial charge in [0.05, 0.1) is 19.8 Å². The van der Waals surface area contributed by atoms with E-state index in [-0.39, 0.29) is 22.1 Å². The molecule has 0 aliphatic carbocycles. The SMILES string of the molecule is Fc1cc(-c2ccnc(Cl)n2)cc2ncoc12.Fc1cc(Br)cc2ncoc12.Nc1cc(Br)cc(F)c1O.[3H]COF. The maximum atomic E-state index is 13.7. The van der Waals surface area contributed by atoms with E-state index in [2.05, 4.69) is 56.7 Å². The van der Waals surface area contributed by atoms with Crippen molar-refractivity contribution in [2.45, 2.75) is 0 Å². The molecule has 0 atom stereocenters.